The van der Waals surface area contributed by atoms with E-state index >= 15 is 0 Å². The molecule has 6 heteroatoms. The second-order valence-electron chi connectivity index (χ2n) is 9.25. The normalized spacial score (nSPS) is 18.6. The fraction of sp³-hybridized carbons (Fsp3) is 0.357. The van der Waals surface area contributed by atoms with Gasteiger partial charge in [-0.1, -0.05) is 56.9 Å². The van der Waals surface area contributed by atoms with Gasteiger partial charge in [-0.2, -0.15) is 8.78 Å². The Morgan fingerprint density at radius 3 is 1.91 bits per heavy atom. The highest BCUT2D eigenvalue weighted by molar-refractivity contribution is 5.72. The summed E-state index contributed by atoms with van der Waals surface area (Å²) in [5.41, 5.74) is 0.675. The van der Waals surface area contributed by atoms with E-state index in [0.717, 1.165) is 49.9 Å². The van der Waals surface area contributed by atoms with E-state index in [9.17, 15) is 22.0 Å². The van der Waals surface area contributed by atoms with Gasteiger partial charge in [0.05, 0.1) is 12.0 Å². The predicted octanol–water partition coefficient (Wildman–Crippen LogP) is 9.02. The zero-order chi connectivity index (χ0) is 24.3. The van der Waals surface area contributed by atoms with Crippen molar-refractivity contribution in [3.8, 4) is 28.0 Å². The van der Waals surface area contributed by atoms with Crippen LogP contribution in [0.4, 0.5) is 22.0 Å². The summed E-state index contributed by atoms with van der Waals surface area (Å²) in [6.07, 6.45) is 0.957. The van der Waals surface area contributed by atoms with E-state index in [2.05, 4.69) is 6.92 Å². The topological polar surface area (TPSA) is 9.23 Å². The van der Waals surface area contributed by atoms with Crippen LogP contribution in [0.2, 0.25) is 0 Å². The summed E-state index contributed by atoms with van der Waals surface area (Å²) in [5.74, 6) is -1.12. The van der Waals surface area contributed by atoms with Gasteiger partial charge in [0.25, 0.3) is 0 Å². The van der Waals surface area contributed by atoms with Crippen molar-refractivity contribution in [3.63, 3.8) is 0 Å². The summed E-state index contributed by atoms with van der Waals surface area (Å²) < 4.78 is 76.1. The molecule has 0 unspecified atom stereocenters. The van der Waals surface area contributed by atoms with Crippen LogP contribution in [0.15, 0.2) is 60.7 Å². The van der Waals surface area contributed by atoms with Gasteiger partial charge in [-0.3, -0.25) is 0 Å². The lowest BCUT2D eigenvalue weighted by molar-refractivity contribution is -0.183. The highest BCUT2D eigenvalue weighted by atomic mass is 19.3. The number of hydrogen-bond donors (Lipinski definition) is 0. The molecule has 0 atom stereocenters. The smallest absolute Gasteiger partial charge is 0.397 e. The Bertz CT molecular complexity index is 1080. The number of ether oxygens (including phenoxy) is 1. The maximum Gasteiger partial charge on any atom is 0.397 e. The van der Waals surface area contributed by atoms with Crippen LogP contribution in [0.1, 0.15) is 45.4 Å². The average Bonchev–Trinajstić information content (AvgIpc) is 2.80. The van der Waals surface area contributed by atoms with Gasteiger partial charge in [-0.15, -0.1) is 0 Å². The molecule has 0 heterocycles. The molecular formula is C28H27F5O. The van der Waals surface area contributed by atoms with Crippen LogP contribution in [0, 0.1) is 29.3 Å². The maximum atomic E-state index is 14.7. The lowest BCUT2D eigenvalue weighted by atomic mass is 9.81. The van der Waals surface area contributed by atoms with E-state index in [1.165, 1.54) is 36.4 Å². The number of hydrogen-bond acceptors (Lipinski definition) is 1. The minimum Gasteiger partial charge on any atom is -0.433 e. The quantitative estimate of drug-likeness (QED) is 0.311. The fourth-order valence-electron chi connectivity index (χ4n) is 4.56. The van der Waals surface area contributed by atoms with Crippen LogP contribution in [0.25, 0.3) is 22.3 Å². The van der Waals surface area contributed by atoms with E-state index in [0.29, 0.717) is 23.8 Å². The molecule has 3 aromatic carbocycles. The molecule has 0 aliphatic heterocycles. The van der Waals surface area contributed by atoms with Gasteiger partial charge in [0.15, 0.2) is 0 Å². The molecule has 180 valence electrons. The van der Waals surface area contributed by atoms with Crippen molar-refractivity contribution in [2.75, 3.05) is 0 Å². The van der Waals surface area contributed by atoms with Crippen LogP contribution < -0.4 is 4.74 Å². The Balaban J connectivity index is 1.42. The maximum absolute atomic E-state index is 14.7. The number of benzene rings is 3. The first kappa shape index (κ1) is 24.2. The summed E-state index contributed by atoms with van der Waals surface area (Å²) in [4.78, 5) is 0. The molecule has 0 N–H and O–H groups in total. The van der Waals surface area contributed by atoms with Crippen LogP contribution in [-0.4, -0.2) is 6.11 Å². The van der Waals surface area contributed by atoms with Crippen molar-refractivity contribution in [2.24, 2.45) is 11.8 Å². The van der Waals surface area contributed by atoms with Crippen LogP contribution in [0.3, 0.4) is 0 Å². The van der Waals surface area contributed by atoms with Crippen molar-refractivity contribution in [2.45, 2.75) is 51.6 Å². The standard InChI is InChI=1S/C28H27F5O/c1-18-2-4-19(5-3-18)14-15-28(32,33)34-24-12-8-20(9-13-24)22-16-25(30)27(26(31)17-22)21-6-10-23(29)11-7-21/h6-13,16-19H,2-5,14-15H2,1H3. The van der Waals surface area contributed by atoms with Crippen molar-refractivity contribution in [1.82, 2.24) is 0 Å². The lowest BCUT2D eigenvalue weighted by Crippen LogP contribution is -2.26. The van der Waals surface area contributed by atoms with Crippen molar-refractivity contribution in [3.05, 3.63) is 78.1 Å². The Hall–Kier alpha value is -2.89. The lowest BCUT2D eigenvalue weighted by Gasteiger charge is -2.27. The molecule has 0 amide bonds. The molecule has 0 spiro atoms. The Labute approximate surface area is 196 Å². The third-order valence-corrected chi connectivity index (χ3v) is 6.61. The highest BCUT2D eigenvalue weighted by Crippen LogP contribution is 2.36. The Morgan fingerprint density at radius 2 is 1.32 bits per heavy atom. The summed E-state index contributed by atoms with van der Waals surface area (Å²) in [6, 6.07) is 12.9. The summed E-state index contributed by atoms with van der Waals surface area (Å²) >= 11 is 0. The monoisotopic (exact) mass is 474 g/mol. The first-order valence-corrected chi connectivity index (χ1v) is 11.6. The van der Waals surface area contributed by atoms with E-state index in [4.69, 9.17) is 4.74 Å². The number of rotatable bonds is 7. The average molecular weight is 475 g/mol. The zero-order valence-corrected chi connectivity index (χ0v) is 19.0. The predicted molar refractivity (Wildman–Crippen MR) is 123 cm³/mol. The third kappa shape index (κ3) is 5.96. The first-order valence-electron chi connectivity index (χ1n) is 11.6. The molecule has 34 heavy (non-hydrogen) atoms. The second-order valence-corrected chi connectivity index (χ2v) is 9.25. The first-order chi connectivity index (χ1) is 16.2. The summed E-state index contributed by atoms with van der Waals surface area (Å²) in [7, 11) is 0. The van der Waals surface area contributed by atoms with Crippen LogP contribution in [0.5, 0.6) is 5.75 Å². The molecule has 0 radical (unpaired) electrons. The molecule has 1 nitrogen and oxygen atoms in total. The number of alkyl halides is 2. The van der Waals surface area contributed by atoms with Crippen molar-refractivity contribution >= 4 is 0 Å². The molecule has 1 aliphatic carbocycles. The fourth-order valence-corrected chi connectivity index (χ4v) is 4.56. The van der Waals surface area contributed by atoms with E-state index in [-0.39, 0.29) is 28.9 Å². The third-order valence-electron chi connectivity index (χ3n) is 6.61. The molecule has 1 saturated carbocycles. The number of halogens is 5. The van der Waals surface area contributed by atoms with Crippen LogP contribution in [-0.2, 0) is 0 Å². The second kappa shape index (κ2) is 10.2. The van der Waals surface area contributed by atoms with Gasteiger partial charge in [-0.05, 0) is 71.3 Å². The Kier molecular flexibility index (Phi) is 7.24. The van der Waals surface area contributed by atoms with Crippen LogP contribution >= 0.6 is 0 Å². The van der Waals surface area contributed by atoms with E-state index < -0.39 is 23.6 Å². The molecular weight excluding hydrogens is 447 g/mol. The zero-order valence-electron chi connectivity index (χ0n) is 19.0. The Morgan fingerprint density at radius 1 is 0.765 bits per heavy atom. The highest BCUT2D eigenvalue weighted by Gasteiger charge is 2.33. The van der Waals surface area contributed by atoms with Gasteiger partial charge in [0, 0.05) is 0 Å². The minimum absolute atomic E-state index is 0.00473. The van der Waals surface area contributed by atoms with Gasteiger partial charge in [0.1, 0.15) is 23.2 Å². The van der Waals surface area contributed by atoms with Crippen molar-refractivity contribution < 1.29 is 26.7 Å². The van der Waals surface area contributed by atoms with Gasteiger partial charge in [0.2, 0.25) is 0 Å². The van der Waals surface area contributed by atoms with E-state index in [1.807, 2.05) is 0 Å². The summed E-state index contributed by atoms with van der Waals surface area (Å²) in [5, 5.41) is 0. The van der Waals surface area contributed by atoms with Gasteiger partial charge in [-0.25, -0.2) is 13.2 Å². The minimum atomic E-state index is -3.28. The van der Waals surface area contributed by atoms with Gasteiger partial charge >= 0.3 is 6.11 Å². The summed E-state index contributed by atoms with van der Waals surface area (Å²) in [6.45, 7) is 2.19. The molecule has 0 saturated heterocycles. The molecule has 0 aromatic heterocycles. The molecule has 1 aliphatic rings. The molecule has 3 aromatic rings. The molecule has 0 bridgehead atoms. The SMILES string of the molecule is CC1CCC(CCC(F)(F)Oc2ccc(-c3cc(F)c(-c4ccc(F)cc4)c(F)c3)cc2)CC1. The van der Waals surface area contributed by atoms with E-state index in [1.54, 1.807) is 0 Å². The van der Waals surface area contributed by atoms with Crippen molar-refractivity contribution in [1.29, 1.82) is 0 Å². The molecule has 1 fully saturated rings. The molecule has 4 rings (SSSR count). The van der Waals surface area contributed by atoms with Gasteiger partial charge < -0.3 is 4.74 Å². The largest absolute Gasteiger partial charge is 0.433 e.